The fraction of sp³-hybridized carbons (Fsp3) is 0.250. The van der Waals surface area contributed by atoms with E-state index in [1.165, 1.54) is 0 Å². The minimum absolute atomic E-state index is 0.323. The minimum atomic E-state index is -5.23. The Hall–Kier alpha value is -1.30. The molecule has 20 heavy (non-hydrogen) atoms. The fourth-order valence-electron chi connectivity index (χ4n) is 1.10. The second-order valence-corrected chi connectivity index (χ2v) is 5.79. The molecular weight excluding hydrogens is 336 g/mol. The lowest BCUT2D eigenvalue weighted by Gasteiger charge is -2.09. The molecule has 4 nitrogen and oxygen atoms in total. The van der Waals surface area contributed by atoms with Gasteiger partial charge in [-0.1, -0.05) is 0 Å². The van der Waals surface area contributed by atoms with Crippen LogP contribution < -0.4 is 0 Å². The molecule has 0 radical (unpaired) electrons. The van der Waals surface area contributed by atoms with Crippen molar-refractivity contribution in [2.45, 2.75) is 20.8 Å². The SMILES string of the molecule is O=[N+]([O-])c1cc(SC(F)(F)F)cc(S(=O)C(F)(F)F)c1. The highest BCUT2D eigenvalue weighted by atomic mass is 32.2. The van der Waals surface area contributed by atoms with E-state index < -0.39 is 54.0 Å². The van der Waals surface area contributed by atoms with Crippen LogP contribution in [0.25, 0.3) is 0 Å². The molecule has 1 atom stereocenters. The van der Waals surface area contributed by atoms with Crippen LogP contribution >= 0.6 is 11.8 Å². The molecule has 1 aromatic rings. The zero-order chi connectivity index (χ0) is 15.7. The van der Waals surface area contributed by atoms with Crippen molar-refractivity contribution in [3.63, 3.8) is 0 Å². The Morgan fingerprint density at radius 3 is 2.05 bits per heavy atom. The summed E-state index contributed by atoms with van der Waals surface area (Å²) in [5.74, 6) is 0. The smallest absolute Gasteiger partial charge is 0.258 e. The van der Waals surface area contributed by atoms with E-state index in [2.05, 4.69) is 0 Å². The van der Waals surface area contributed by atoms with Crippen molar-refractivity contribution in [2.24, 2.45) is 0 Å². The summed E-state index contributed by atoms with van der Waals surface area (Å²) < 4.78 is 84.2. The maximum atomic E-state index is 12.2. The van der Waals surface area contributed by atoms with Gasteiger partial charge in [-0.2, -0.15) is 26.3 Å². The second kappa shape index (κ2) is 5.60. The summed E-state index contributed by atoms with van der Waals surface area (Å²) in [5, 5.41) is 10.5. The van der Waals surface area contributed by atoms with Gasteiger partial charge in [0.1, 0.15) is 0 Å². The predicted molar refractivity (Wildman–Crippen MR) is 57.5 cm³/mol. The van der Waals surface area contributed by atoms with Crippen LogP contribution in [0.1, 0.15) is 0 Å². The average Bonchev–Trinajstić information content (AvgIpc) is 2.23. The van der Waals surface area contributed by atoms with Crippen molar-refractivity contribution in [3.05, 3.63) is 28.3 Å². The Morgan fingerprint density at radius 1 is 1.10 bits per heavy atom. The maximum Gasteiger partial charge on any atom is 0.475 e. The molecule has 0 aliphatic heterocycles. The van der Waals surface area contributed by atoms with Gasteiger partial charge in [0.15, 0.2) is 10.8 Å². The summed E-state index contributed by atoms with van der Waals surface area (Å²) in [6.45, 7) is 0. The Kier molecular flexibility index (Phi) is 4.69. The van der Waals surface area contributed by atoms with Crippen LogP contribution in [0.5, 0.6) is 0 Å². The number of nitro groups is 1. The summed E-state index contributed by atoms with van der Waals surface area (Å²) in [7, 11) is -3.65. The summed E-state index contributed by atoms with van der Waals surface area (Å²) in [4.78, 5) is 7.35. The van der Waals surface area contributed by atoms with Crippen LogP contribution in [0.15, 0.2) is 28.0 Å². The highest BCUT2D eigenvalue weighted by Crippen LogP contribution is 2.40. The van der Waals surface area contributed by atoms with Crippen LogP contribution in [0.4, 0.5) is 32.0 Å². The monoisotopic (exact) mass is 339 g/mol. The number of hydrogen-bond acceptors (Lipinski definition) is 4. The van der Waals surface area contributed by atoms with E-state index in [0.717, 1.165) is 0 Å². The van der Waals surface area contributed by atoms with E-state index in [1.54, 1.807) is 0 Å². The molecule has 0 aromatic heterocycles. The molecule has 0 spiro atoms. The first-order valence-electron chi connectivity index (χ1n) is 4.44. The van der Waals surface area contributed by atoms with Crippen LogP contribution in [0.3, 0.4) is 0 Å². The number of rotatable bonds is 3. The molecule has 12 heteroatoms. The summed E-state index contributed by atoms with van der Waals surface area (Å²) >= 11 is -0.832. The molecule has 0 bridgehead atoms. The van der Waals surface area contributed by atoms with Gasteiger partial charge >= 0.3 is 11.0 Å². The predicted octanol–water partition coefficient (Wildman–Crippen LogP) is 3.83. The van der Waals surface area contributed by atoms with Crippen LogP contribution in [0.2, 0.25) is 0 Å². The van der Waals surface area contributed by atoms with Crippen LogP contribution in [0, 0.1) is 10.1 Å². The number of alkyl halides is 6. The largest absolute Gasteiger partial charge is 0.475 e. The molecule has 0 amide bonds. The number of nitrogens with zero attached hydrogens (tertiary/aromatic N) is 1. The van der Waals surface area contributed by atoms with Gasteiger partial charge in [0.25, 0.3) is 5.69 Å². The minimum Gasteiger partial charge on any atom is -0.258 e. The fourth-order valence-corrected chi connectivity index (χ4v) is 2.53. The van der Waals surface area contributed by atoms with E-state index in [-0.39, 0.29) is 0 Å². The van der Waals surface area contributed by atoms with Crippen molar-refractivity contribution < 1.29 is 35.5 Å². The Labute approximate surface area is 113 Å². The van der Waals surface area contributed by atoms with E-state index >= 15 is 0 Å². The highest BCUT2D eigenvalue weighted by Gasteiger charge is 2.39. The van der Waals surface area contributed by atoms with E-state index in [1.807, 2.05) is 0 Å². The van der Waals surface area contributed by atoms with Crippen molar-refractivity contribution >= 4 is 28.2 Å². The van der Waals surface area contributed by atoms with E-state index in [4.69, 9.17) is 0 Å². The highest BCUT2D eigenvalue weighted by molar-refractivity contribution is 8.00. The van der Waals surface area contributed by atoms with Gasteiger partial charge in [-0.05, 0) is 17.8 Å². The lowest BCUT2D eigenvalue weighted by atomic mass is 10.3. The van der Waals surface area contributed by atoms with Gasteiger partial charge in [0.05, 0.1) is 9.82 Å². The normalized spacial score (nSPS) is 14.1. The Balaban J connectivity index is 3.32. The zero-order valence-corrected chi connectivity index (χ0v) is 10.6. The third kappa shape index (κ3) is 4.67. The zero-order valence-electron chi connectivity index (χ0n) is 8.99. The van der Waals surface area contributed by atoms with Crippen molar-refractivity contribution in [1.82, 2.24) is 0 Å². The van der Waals surface area contributed by atoms with E-state index in [0.29, 0.717) is 18.2 Å². The first kappa shape index (κ1) is 16.8. The first-order chi connectivity index (χ1) is 8.90. The molecule has 0 heterocycles. The van der Waals surface area contributed by atoms with Gasteiger partial charge in [0.2, 0.25) is 0 Å². The van der Waals surface area contributed by atoms with Crippen molar-refractivity contribution in [3.8, 4) is 0 Å². The molecule has 0 aliphatic carbocycles. The lowest BCUT2D eigenvalue weighted by molar-refractivity contribution is -0.385. The van der Waals surface area contributed by atoms with Gasteiger partial charge in [-0.3, -0.25) is 10.1 Å². The summed E-state index contributed by atoms with van der Waals surface area (Å²) in [6.07, 6.45) is 0. The third-order valence-electron chi connectivity index (χ3n) is 1.73. The number of thioether (sulfide) groups is 1. The average molecular weight is 339 g/mol. The van der Waals surface area contributed by atoms with Crippen LogP contribution in [-0.4, -0.2) is 20.1 Å². The van der Waals surface area contributed by atoms with Gasteiger partial charge < -0.3 is 0 Å². The quantitative estimate of drug-likeness (QED) is 0.363. The molecule has 1 aromatic carbocycles. The molecule has 0 N–H and O–H groups in total. The lowest BCUT2D eigenvalue weighted by Crippen LogP contribution is -2.16. The molecule has 0 saturated carbocycles. The summed E-state index contributed by atoms with van der Waals surface area (Å²) in [5.41, 5.74) is -11.1. The Morgan fingerprint density at radius 2 is 1.65 bits per heavy atom. The molecule has 112 valence electrons. The maximum absolute atomic E-state index is 12.2. The number of nitro benzene ring substituents is 1. The van der Waals surface area contributed by atoms with Crippen molar-refractivity contribution in [2.75, 3.05) is 0 Å². The standard InChI is InChI=1S/C8H3F6NO3S2/c9-7(10,11)19-5-1-4(15(16)17)2-6(3-5)20(18)8(12,13)14/h1-3H. The van der Waals surface area contributed by atoms with E-state index in [9.17, 15) is 40.7 Å². The summed E-state index contributed by atoms with van der Waals surface area (Å²) in [6, 6.07) is 1.13. The third-order valence-corrected chi connectivity index (χ3v) is 3.52. The van der Waals surface area contributed by atoms with Gasteiger partial charge in [-0.25, -0.2) is 4.21 Å². The molecule has 1 unspecified atom stereocenters. The molecular formula is C8H3F6NO3S2. The molecule has 0 saturated heterocycles. The molecule has 0 aliphatic rings. The number of non-ortho nitro benzene ring substituents is 1. The topological polar surface area (TPSA) is 60.2 Å². The Bertz CT molecular complexity index is 556. The number of halogens is 6. The van der Waals surface area contributed by atoms with Crippen molar-refractivity contribution in [1.29, 1.82) is 0 Å². The molecule has 0 fully saturated rings. The van der Waals surface area contributed by atoms with Gasteiger partial charge in [0, 0.05) is 17.0 Å². The second-order valence-electron chi connectivity index (χ2n) is 3.18. The van der Waals surface area contributed by atoms with Crippen LogP contribution in [-0.2, 0) is 10.8 Å². The number of hydrogen-bond donors (Lipinski definition) is 0. The first-order valence-corrected chi connectivity index (χ1v) is 6.40. The molecule has 1 rings (SSSR count). The van der Waals surface area contributed by atoms with Gasteiger partial charge in [-0.15, -0.1) is 0 Å². The number of benzene rings is 1.